The molecule has 0 saturated carbocycles. The lowest BCUT2D eigenvalue weighted by Gasteiger charge is -2.51. The molecular formula is C84H61B2N5O. The lowest BCUT2D eigenvalue weighted by molar-refractivity contribution is 0.487. The molecule has 92 heavy (non-hydrogen) atoms. The number of allylic oxidation sites excluding steroid dienone is 1. The van der Waals surface area contributed by atoms with E-state index in [0.29, 0.717) is 0 Å². The fourth-order valence-corrected chi connectivity index (χ4v) is 15.8. The van der Waals surface area contributed by atoms with E-state index in [1.165, 1.54) is 49.9 Å². The highest BCUT2D eigenvalue weighted by Crippen LogP contribution is 2.53. The van der Waals surface area contributed by atoms with E-state index >= 15 is 0 Å². The van der Waals surface area contributed by atoms with Gasteiger partial charge in [0.2, 0.25) is 0 Å². The van der Waals surface area contributed by atoms with Crippen LogP contribution in [0.4, 0.5) is 79.6 Å². The third kappa shape index (κ3) is 8.73. The molecule has 1 aliphatic carbocycles. The van der Waals surface area contributed by atoms with Gasteiger partial charge in [-0.2, -0.15) is 0 Å². The molecule has 0 aromatic heterocycles. The summed E-state index contributed by atoms with van der Waals surface area (Å²) in [6, 6.07) is 121. The molecule has 4 heterocycles. The number of anilines is 14. The minimum Gasteiger partial charge on any atom is -0.458 e. The van der Waals surface area contributed by atoms with Crippen molar-refractivity contribution >= 4 is 131 Å². The molecule has 0 spiro atoms. The van der Waals surface area contributed by atoms with Crippen molar-refractivity contribution in [1.29, 1.82) is 0 Å². The Bertz CT molecular complexity index is 4870. The van der Waals surface area contributed by atoms with E-state index in [1.54, 1.807) is 0 Å². The molecule has 2 atom stereocenters. The summed E-state index contributed by atoms with van der Waals surface area (Å²) in [5.74, 6) is 1.81. The van der Waals surface area contributed by atoms with Crippen LogP contribution in [0.25, 0.3) is 5.57 Å². The van der Waals surface area contributed by atoms with Gasteiger partial charge in [0, 0.05) is 80.2 Å². The van der Waals surface area contributed by atoms with E-state index in [1.807, 2.05) is 0 Å². The molecule has 0 fully saturated rings. The van der Waals surface area contributed by atoms with Gasteiger partial charge in [-0.05, 0) is 172 Å². The number of ether oxygens (including phenoxy) is 1. The van der Waals surface area contributed by atoms with Crippen LogP contribution in [0.3, 0.4) is 0 Å². The number of hydrogen-bond acceptors (Lipinski definition) is 6. The summed E-state index contributed by atoms with van der Waals surface area (Å²) >= 11 is 0. The van der Waals surface area contributed by atoms with Crippen LogP contribution in [0.1, 0.15) is 29.9 Å². The monoisotopic (exact) mass is 1180 g/mol. The summed E-state index contributed by atoms with van der Waals surface area (Å²) in [5.41, 5.74) is 26.6. The van der Waals surface area contributed by atoms with Crippen LogP contribution < -0.4 is 62.0 Å². The Labute approximate surface area is 538 Å². The van der Waals surface area contributed by atoms with Gasteiger partial charge >= 0.3 is 0 Å². The van der Waals surface area contributed by atoms with Crippen LogP contribution in [0.15, 0.2) is 334 Å². The molecular weight excluding hydrogens is 1120 g/mol. The zero-order valence-electron chi connectivity index (χ0n) is 50.6. The third-order valence-corrected chi connectivity index (χ3v) is 19.5. The second-order valence-corrected chi connectivity index (χ2v) is 24.6. The van der Waals surface area contributed by atoms with E-state index < -0.39 is 0 Å². The van der Waals surface area contributed by atoms with Crippen LogP contribution >= 0.6 is 0 Å². The molecule has 434 valence electrons. The summed E-state index contributed by atoms with van der Waals surface area (Å²) in [5, 5.41) is 0. The Balaban J connectivity index is 0.984. The maximum absolute atomic E-state index is 7.33. The van der Waals surface area contributed by atoms with Crippen molar-refractivity contribution in [2.75, 3.05) is 24.5 Å². The summed E-state index contributed by atoms with van der Waals surface area (Å²) < 4.78 is 7.33. The molecule has 4 aliphatic heterocycles. The fraction of sp³-hybridized carbons (Fsp3) is 0.0476. The number of benzene rings is 13. The topological polar surface area (TPSA) is 25.4 Å². The molecule has 5 aliphatic rings. The van der Waals surface area contributed by atoms with Gasteiger partial charge in [-0.3, -0.25) is 0 Å². The highest BCUT2D eigenvalue weighted by Gasteiger charge is 2.50. The van der Waals surface area contributed by atoms with Gasteiger partial charge in [-0.25, -0.2) is 0 Å². The molecule has 0 amide bonds. The summed E-state index contributed by atoms with van der Waals surface area (Å²) in [7, 11) is 0. The highest BCUT2D eigenvalue weighted by atomic mass is 16.5. The fourth-order valence-electron chi connectivity index (χ4n) is 15.8. The van der Waals surface area contributed by atoms with Gasteiger partial charge in [0.25, 0.3) is 13.4 Å². The number of para-hydroxylation sites is 8. The molecule has 18 rings (SSSR count). The Morgan fingerprint density at radius 3 is 1.36 bits per heavy atom. The Hall–Kier alpha value is -11.5. The standard InChI is InChI=1S/C84H61B2N5O/c1-9-30-58(31-10-1)68-46-29-47-69(59-32-11-2-12-33-59)84(68)91-76-57-75-72(86-71-49-26-28-51-80(71)92-81-55-67(54-79(83(81)86)90(75)65-44-23-8-24-45-65)88(62-38-17-5-18-39-62)63-40-19-6-20-41-63)56-73(76)85-70-48-25-27-50-74(70)89(64-42-21-7-22-43-64)77-52-66(53-78(91)82(77)85)87(60-34-13-3-14-35-60)61-36-15-4-16-37-61/h1-28,30-46,48-57,69,84H,29,47H2/t69?,84-/m0/s1. The number of fused-ring (bicyclic) bond motifs is 8. The van der Waals surface area contributed by atoms with Crippen LogP contribution in [-0.2, 0) is 0 Å². The van der Waals surface area contributed by atoms with Crippen molar-refractivity contribution < 1.29 is 4.74 Å². The Morgan fingerprint density at radius 2 is 0.772 bits per heavy atom. The molecule has 0 N–H and O–H groups in total. The first-order valence-corrected chi connectivity index (χ1v) is 32.2. The number of hydrogen-bond donors (Lipinski definition) is 0. The molecule has 8 heteroatoms. The highest BCUT2D eigenvalue weighted by molar-refractivity contribution is 7.02. The Morgan fingerprint density at radius 1 is 0.326 bits per heavy atom. The van der Waals surface area contributed by atoms with Crippen LogP contribution in [-0.4, -0.2) is 19.5 Å². The first-order chi connectivity index (χ1) is 45.7. The smallest absolute Gasteiger partial charge is 0.256 e. The van der Waals surface area contributed by atoms with E-state index in [-0.39, 0.29) is 25.4 Å². The number of nitrogens with zero attached hydrogens (tertiary/aromatic N) is 5. The Kier molecular flexibility index (Phi) is 12.9. The maximum Gasteiger partial charge on any atom is 0.256 e. The SMILES string of the molecule is C1=C(c2ccccc2)[C@H](N2c3cc4c(cc3B3c5ccccc5N(c5ccccc5)c5cc(N(c6ccccc6)c6ccccc6)cc2c53)B2c3ccccc3Oc3cc(N(c5ccccc5)c5ccccc5)cc(c32)N4c2ccccc2)C(c2ccccc2)CC1. The van der Waals surface area contributed by atoms with Gasteiger partial charge in [0.05, 0.1) is 17.4 Å². The average molecular weight is 1180 g/mol. The first kappa shape index (κ1) is 53.5. The zero-order chi connectivity index (χ0) is 60.6. The van der Waals surface area contributed by atoms with Crippen molar-refractivity contribution in [3.05, 3.63) is 345 Å². The van der Waals surface area contributed by atoms with E-state index in [4.69, 9.17) is 4.74 Å². The molecule has 0 saturated heterocycles. The van der Waals surface area contributed by atoms with Gasteiger partial charge in [0.15, 0.2) is 0 Å². The van der Waals surface area contributed by atoms with Gasteiger partial charge in [0.1, 0.15) is 11.5 Å². The molecule has 6 nitrogen and oxygen atoms in total. The largest absolute Gasteiger partial charge is 0.458 e. The lowest BCUT2D eigenvalue weighted by Crippen LogP contribution is -2.65. The molecule has 13 aromatic rings. The predicted octanol–water partition coefficient (Wildman–Crippen LogP) is 17.8. The molecule has 0 radical (unpaired) electrons. The van der Waals surface area contributed by atoms with E-state index in [0.717, 1.165) is 104 Å². The second kappa shape index (κ2) is 22.2. The van der Waals surface area contributed by atoms with Crippen molar-refractivity contribution in [2.45, 2.75) is 24.8 Å². The summed E-state index contributed by atoms with van der Waals surface area (Å²) in [6.45, 7) is -0.366. The van der Waals surface area contributed by atoms with Crippen LogP contribution in [0.2, 0.25) is 0 Å². The number of rotatable bonds is 11. The van der Waals surface area contributed by atoms with Crippen LogP contribution in [0, 0.1) is 0 Å². The van der Waals surface area contributed by atoms with Gasteiger partial charge in [-0.15, -0.1) is 0 Å². The predicted molar refractivity (Wildman–Crippen MR) is 386 cm³/mol. The van der Waals surface area contributed by atoms with Gasteiger partial charge < -0.3 is 29.2 Å². The third-order valence-electron chi connectivity index (χ3n) is 19.5. The van der Waals surface area contributed by atoms with Crippen molar-refractivity contribution in [3.8, 4) is 11.5 Å². The van der Waals surface area contributed by atoms with E-state index in [9.17, 15) is 0 Å². The molecule has 0 bridgehead atoms. The van der Waals surface area contributed by atoms with Crippen molar-refractivity contribution in [2.24, 2.45) is 0 Å². The summed E-state index contributed by atoms with van der Waals surface area (Å²) in [4.78, 5) is 12.8. The van der Waals surface area contributed by atoms with Crippen LogP contribution in [0.5, 0.6) is 11.5 Å². The minimum atomic E-state index is -0.186. The second-order valence-electron chi connectivity index (χ2n) is 24.6. The normalized spacial score (nSPS) is 15.3. The minimum absolute atomic E-state index is 0.0944. The lowest BCUT2D eigenvalue weighted by atomic mass is 9.30. The molecule has 13 aromatic carbocycles. The first-order valence-electron chi connectivity index (χ1n) is 32.2. The van der Waals surface area contributed by atoms with Gasteiger partial charge in [-0.1, -0.05) is 218 Å². The zero-order valence-corrected chi connectivity index (χ0v) is 50.6. The van der Waals surface area contributed by atoms with E-state index in [2.05, 4.69) is 358 Å². The maximum atomic E-state index is 7.33. The quantitative estimate of drug-likeness (QED) is 0.120. The summed E-state index contributed by atoms with van der Waals surface area (Å²) in [6.07, 6.45) is 4.48. The van der Waals surface area contributed by atoms with Crippen molar-refractivity contribution in [3.63, 3.8) is 0 Å². The van der Waals surface area contributed by atoms with Crippen molar-refractivity contribution in [1.82, 2.24) is 0 Å². The molecule has 1 unspecified atom stereocenters. The average Bonchev–Trinajstić information content (AvgIpc) is 0.688.